The number of hydrogen-bond acceptors (Lipinski definition) is 1. The molecular weight excluding hydrogens is 214 g/mol. The van der Waals surface area contributed by atoms with Crippen molar-refractivity contribution < 1.29 is 9.90 Å². The zero-order chi connectivity index (χ0) is 11.0. The van der Waals surface area contributed by atoms with Gasteiger partial charge in [0, 0.05) is 27.7 Å². The third-order valence-electron chi connectivity index (χ3n) is 2.23. The molecule has 2 aromatic rings. The molecular formula is C11H8ClNO2. The summed E-state index contributed by atoms with van der Waals surface area (Å²) in [6.07, 6.45) is 1.62. The lowest BCUT2D eigenvalue weighted by Gasteiger charge is -1.97. The van der Waals surface area contributed by atoms with E-state index >= 15 is 0 Å². The Morgan fingerprint density at radius 2 is 2.20 bits per heavy atom. The number of aromatic amines is 1. The summed E-state index contributed by atoms with van der Waals surface area (Å²) in [7, 11) is 0. The molecule has 0 saturated carbocycles. The number of carboxylic acid groups (broad SMARTS) is 1. The fourth-order valence-corrected chi connectivity index (χ4v) is 1.64. The van der Waals surface area contributed by atoms with Crippen LogP contribution in [-0.2, 0) is 4.79 Å². The molecule has 0 spiro atoms. The summed E-state index contributed by atoms with van der Waals surface area (Å²) >= 11 is 5.81. The van der Waals surface area contributed by atoms with E-state index in [9.17, 15) is 4.79 Å². The summed E-state index contributed by atoms with van der Waals surface area (Å²) in [4.78, 5) is 13.7. The summed E-state index contributed by atoms with van der Waals surface area (Å²) < 4.78 is 0. The molecule has 1 aromatic carbocycles. The Balaban J connectivity index is 2.64. The fourth-order valence-electron chi connectivity index (χ4n) is 1.46. The number of carboxylic acids is 1. The van der Waals surface area contributed by atoms with Crippen LogP contribution < -0.4 is 0 Å². The molecule has 76 valence electrons. The standard InChI is InChI=1S/C11H8ClNO2/c1-6(11(14)15)9-5-13-10-4-7(12)2-3-8(9)10/h2-5,13H,1H2,(H,14,15). The highest BCUT2D eigenvalue weighted by Crippen LogP contribution is 2.26. The van der Waals surface area contributed by atoms with Gasteiger partial charge in [-0.1, -0.05) is 24.2 Å². The van der Waals surface area contributed by atoms with Crippen molar-refractivity contribution in [1.82, 2.24) is 4.98 Å². The van der Waals surface area contributed by atoms with Gasteiger partial charge in [0.15, 0.2) is 0 Å². The van der Waals surface area contributed by atoms with E-state index in [0.29, 0.717) is 10.6 Å². The van der Waals surface area contributed by atoms with E-state index < -0.39 is 5.97 Å². The van der Waals surface area contributed by atoms with E-state index in [-0.39, 0.29) is 5.57 Å². The van der Waals surface area contributed by atoms with Crippen LogP contribution in [0, 0.1) is 0 Å². The van der Waals surface area contributed by atoms with Crippen molar-refractivity contribution >= 4 is 34.0 Å². The number of nitrogens with one attached hydrogen (secondary N) is 1. The minimum Gasteiger partial charge on any atom is -0.478 e. The van der Waals surface area contributed by atoms with E-state index in [1.807, 2.05) is 0 Å². The molecule has 0 amide bonds. The Morgan fingerprint density at radius 1 is 1.47 bits per heavy atom. The second kappa shape index (κ2) is 3.44. The molecule has 0 aliphatic heterocycles. The topological polar surface area (TPSA) is 53.1 Å². The minimum absolute atomic E-state index is 0.0728. The molecule has 4 heteroatoms. The van der Waals surface area contributed by atoms with E-state index in [1.54, 1.807) is 24.4 Å². The Morgan fingerprint density at radius 3 is 2.87 bits per heavy atom. The lowest BCUT2D eigenvalue weighted by molar-refractivity contribution is -0.130. The quantitative estimate of drug-likeness (QED) is 0.766. The molecule has 0 bridgehead atoms. The van der Waals surface area contributed by atoms with Crippen molar-refractivity contribution in [2.45, 2.75) is 0 Å². The van der Waals surface area contributed by atoms with Gasteiger partial charge in [-0.05, 0) is 12.1 Å². The molecule has 0 atom stereocenters. The second-order valence-electron chi connectivity index (χ2n) is 3.18. The minimum atomic E-state index is -1.02. The van der Waals surface area contributed by atoms with Gasteiger partial charge in [0.05, 0.1) is 5.57 Å². The van der Waals surface area contributed by atoms with Crippen LogP contribution in [0.1, 0.15) is 5.56 Å². The van der Waals surface area contributed by atoms with Crippen LogP contribution in [0.2, 0.25) is 5.02 Å². The Labute approximate surface area is 91.0 Å². The van der Waals surface area contributed by atoms with Gasteiger partial charge in [-0.3, -0.25) is 0 Å². The van der Waals surface area contributed by atoms with Crippen molar-refractivity contribution in [3.8, 4) is 0 Å². The van der Waals surface area contributed by atoms with Crippen LogP contribution in [0.4, 0.5) is 0 Å². The summed E-state index contributed by atoms with van der Waals surface area (Å²) in [5.74, 6) is -1.02. The molecule has 0 radical (unpaired) electrons. The van der Waals surface area contributed by atoms with E-state index in [4.69, 9.17) is 16.7 Å². The first-order chi connectivity index (χ1) is 7.09. The first-order valence-electron chi connectivity index (χ1n) is 4.29. The smallest absolute Gasteiger partial charge is 0.335 e. The Bertz CT molecular complexity index is 557. The molecule has 3 nitrogen and oxygen atoms in total. The maximum atomic E-state index is 10.8. The number of rotatable bonds is 2. The number of halogens is 1. The molecule has 0 aliphatic rings. The highest BCUT2D eigenvalue weighted by molar-refractivity contribution is 6.31. The van der Waals surface area contributed by atoms with Gasteiger partial charge < -0.3 is 10.1 Å². The van der Waals surface area contributed by atoms with Gasteiger partial charge in [0.2, 0.25) is 0 Å². The Kier molecular flexibility index (Phi) is 2.25. The average Bonchev–Trinajstić information content (AvgIpc) is 2.59. The van der Waals surface area contributed by atoms with Crippen LogP contribution in [0.25, 0.3) is 16.5 Å². The van der Waals surface area contributed by atoms with Crippen LogP contribution in [-0.4, -0.2) is 16.1 Å². The number of carbonyl (C=O) groups is 1. The van der Waals surface area contributed by atoms with E-state index in [1.165, 1.54) is 0 Å². The largest absolute Gasteiger partial charge is 0.478 e. The highest BCUT2D eigenvalue weighted by Gasteiger charge is 2.12. The highest BCUT2D eigenvalue weighted by atomic mass is 35.5. The lowest BCUT2D eigenvalue weighted by atomic mass is 10.1. The molecule has 0 aliphatic carbocycles. The molecule has 15 heavy (non-hydrogen) atoms. The maximum Gasteiger partial charge on any atom is 0.335 e. The maximum absolute atomic E-state index is 10.8. The molecule has 1 heterocycles. The molecule has 2 rings (SSSR count). The lowest BCUT2D eigenvalue weighted by Crippen LogP contribution is -1.96. The van der Waals surface area contributed by atoms with Crippen LogP contribution >= 0.6 is 11.6 Å². The number of H-pyrrole nitrogens is 1. The SMILES string of the molecule is C=C(C(=O)O)c1c[nH]c2cc(Cl)ccc12. The number of benzene rings is 1. The Hall–Kier alpha value is -1.74. The molecule has 0 unspecified atom stereocenters. The summed E-state index contributed by atoms with van der Waals surface area (Å²) in [6.45, 7) is 3.52. The second-order valence-corrected chi connectivity index (χ2v) is 3.61. The van der Waals surface area contributed by atoms with E-state index in [0.717, 1.165) is 10.9 Å². The zero-order valence-electron chi connectivity index (χ0n) is 7.75. The van der Waals surface area contributed by atoms with Crippen molar-refractivity contribution in [3.63, 3.8) is 0 Å². The van der Waals surface area contributed by atoms with Crippen LogP contribution in [0.3, 0.4) is 0 Å². The summed E-state index contributed by atoms with van der Waals surface area (Å²) in [5.41, 5.74) is 1.47. The predicted octanol–water partition coefficient (Wildman–Crippen LogP) is 2.92. The van der Waals surface area contributed by atoms with Crippen molar-refractivity contribution in [2.24, 2.45) is 0 Å². The third-order valence-corrected chi connectivity index (χ3v) is 2.46. The molecule has 1 aromatic heterocycles. The van der Waals surface area contributed by atoms with Crippen molar-refractivity contribution in [3.05, 3.63) is 41.6 Å². The van der Waals surface area contributed by atoms with E-state index in [2.05, 4.69) is 11.6 Å². The van der Waals surface area contributed by atoms with Gasteiger partial charge >= 0.3 is 5.97 Å². The number of hydrogen-bond donors (Lipinski definition) is 2. The normalized spacial score (nSPS) is 10.5. The van der Waals surface area contributed by atoms with Crippen LogP contribution in [0.15, 0.2) is 31.0 Å². The zero-order valence-corrected chi connectivity index (χ0v) is 8.51. The third kappa shape index (κ3) is 1.62. The first-order valence-corrected chi connectivity index (χ1v) is 4.66. The van der Waals surface area contributed by atoms with Gasteiger partial charge in [0.25, 0.3) is 0 Å². The fraction of sp³-hybridized carbons (Fsp3) is 0. The monoisotopic (exact) mass is 221 g/mol. The predicted molar refractivity (Wildman–Crippen MR) is 60.0 cm³/mol. The van der Waals surface area contributed by atoms with Crippen molar-refractivity contribution in [1.29, 1.82) is 0 Å². The number of fused-ring (bicyclic) bond motifs is 1. The van der Waals surface area contributed by atoms with Crippen molar-refractivity contribution in [2.75, 3.05) is 0 Å². The number of aromatic nitrogens is 1. The van der Waals surface area contributed by atoms with Gasteiger partial charge in [-0.2, -0.15) is 0 Å². The molecule has 0 saturated heterocycles. The summed E-state index contributed by atoms with van der Waals surface area (Å²) in [5, 5.41) is 10.2. The first kappa shape index (κ1) is 9.80. The van der Waals surface area contributed by atoms with Gasteiger partial charge in [0.1, 0.15) is 0 Å². The van der Waals surface area contributed by atoms with Gasteiger partial charge in [-0.25, -0.2) is 4.79 Å². The number of aliphatic carboxylic acids is 1. The van der Waals surface area contributed by atoms with Gasteiger partial charge in [-0.15, -0.1) is 0 Å². The van der Waals surface area contributed by atoms with Crippen LogP contribution in [0.5, 0.6) is 0 Å². The average molecular weight is 222 g/mol. The molecule has 0 fully saturated rings. The molecule has 2 N–H and O–H groups in total. The summed E-state index contributed by atoms with van der Waals surface area (Å²) in [6, 6.07) is 5.24.